The zero-order valence-electron chi connectivity index (χ0n) is 15.5. The van der Waals surface area contributed by atoms with Gasteiger partial charge in [-0.05, 0) is 18.0 Å². The Labute approximate surface area is 173 Å². The standard InChI is InChI=1S/C15H21BrN3O9P/c1-8(14(22)26-2)18-29(24,25)27-7-11-10(20)5-12(28-11)19-6-9(3-4-16)13(21)17-15(19)23/h3-4,6,8,10-12,20H,5,7H2,1-2H3,(H,17,21,23)(H2,18,24,25)/b4-3+/t8-,10?,11?,12?/m1/s1. The van der Waals surface area contributed by atoms with Crippen LogP contribution in [0.25, 0.3) is 6.08 Å². The van der Waals surface area contributed by atoms with Gasteiger partial charge in [0.15, 0.2) is 0 Å². The smallest absolute Gasteiger partial charge is 0.403 e. The highest BCUT2D eigenvalue weighted by atomic mass is 79.9. The average molecular weight is 498 g/mol. The van der Waals surface area contributed by atoms with E-state index in [1.54, 1.807) is 0 Å². The Morgan fingerprint density at radius 1 is 1.59 bits per heavy atom. The number of methoxy groups -OCH3 is 1. The second-order valence-corrected chi connectivity index (χ2v) is 8.25. The van der Waals surface area contributed by atoms with Crippen LogP contribution in [0.3, 0.4) is 0 Å². The Balaban J connectivity index is 2.06. The summed E-state index contributed by atoms with van der Waals surface area (Å²) in [4.78, 5) is 48.5. The maximum absolute atomic E-state index is 12.1. The number of hydrogen-bond acceptors (Lipinski definition) is 8. The van der Waals surface area contributed by atoms with Crippen molar-refractivity contribution in [3.05, 3.63) is 37.6 Å². The lowest BCUT2D eigenvalue weighted by atomic mass is 10.2. The molecular weight excluding hydrogens is 477 g/mol. The summed E-state index contributed by atoms with van der Waals surface area (Å²) < 4.78 is 28.0. The maximum atomic E-state index is 12.1. The number of aromatic nitrogens is 2. The van der Waals surface area contributed by atoms with Crippen molar-refractivity contribution < 1.29 is 33.4 Å². The molecule has 0 spiro atoms. The molecule has 1 aliphatic heterocycles. The van der Waals surface area contributed by atoms with E-state index in [4.69, 9.17) is 9.26 Å². The zero-order chi connectivity index (χ0) is 21.8. The van der Waals surface area contributed by atoms with E-state index in [0.717, 1.165) is 11.7 Å². The minimum absolute atomic E-state index is 0.0147. The molecule has 4 N–H and O–H groups in total. The van der Waals surface area contributed by atoms with E-state index in [-0.39, 0.29) is 12.0 Å². The number of aromatic amines is 1. The van der Waals surface area contributed by atoms with E-state index >= 15 is 0 Å². The number of carbonyl (C=O) groups excluding carboxylic acids is 1. The number of nitrogens with zero attached hydrogens (tertiary/aromatic N) is 1. The summed E-state index contributed by atoms with van der Waals surface area (Å²) in [5, 5.41) is 12.3. The normalized spacial score (nSPS) is 25.1. The van der Waals surface area contributed by atoms with Crippen LogP contribution in [-0.2, 0) is 23.4 Å². The number of nitrogens with one attached hydrogen (secondary N) is 2. The first-order chi connectivity index (χ1) is 13.6. The van der Waals surface area contributed by atoms with E-state index in [2.05, 4.69) is 30.7 Å². The van der Waals surface area contributed by atoms with Crippen LogP contribution in [0.5, 0.6) is 0 Å². The highest BCUT2D eigenvalue weighted by molar-refractivity contribution is 9.11. The highest BCUT2D eigenvalue weighted by Gasteiger charge is 2.38. The van der Waals surface area contributed by atoms with Crippen molar-refractivity contribution in [3.63, 3.8) is 0 Å². The number of hydrogen-bond donors (Lipinski definition) is 4. The topological polar surface area (TPSA) is 169 Å². The van der Waals surface area contributed by atoms with Crippen LogP contribution in [0.4, 0.5) is 0 Å². The summed E-state index contributed by atoms with van der Waals surface area (Å²) in [6, 6.07) is -1.10. The number of aliphatic hydroxyl groups excluding tert-OH is 1. The Hall–Kier alpha value is -1.60. The van der Waals surface area contributed by atoms with E-state index in [9.17, 15) is 28.9 Å². The molecule has 0 aromatic carbocycles. The van der Waals surface area contributed by atoms with Gasteiger partial charge < -0.3 is 19.5 Å². The Bertz CT molecular complexity index is 930. The molecule has 4 unspecified atom stereocenters. The Morgan fingerprint density at radius 2 is 2.28 bits per heavy atom. The lowest BCUT2D eigenvalue weighted by molar-refractivity contribution is -0.142. The molecule has 29 heavy (non-hydrogen) atoms. The first-order valence-electron chi connectivity index (χ1n) is 8.36. The van der Waals surface area contributed by atoms with Gasteiger partial charge >= 0.3 is 19.4 Å². The molecule has 1 saturated heterocycles. The summed E-state index contributed by atoms with van der Waals surface area (Å²) >= 11 is 3.04. The summed E-state index contributed by atoms with van der Waals surface area (Å²) in [6.45, 7) is 0.829. The van der Waals surface area contributed by atoms with Gasteiger partial charge in [-0.1, -0.05) is 15.9 Å². The molecule has 162 valence electrons. The molecule has 5 atom stereocenters. The van der Waals surface area contributed by atoms with Gasteiger partial charge in [0.2, 0.25) is 0 Å². The first-order valence-corrected chi connectivity index (χ1v) is 10.9. The van der Waals surface area contributed by atoms with Crippen molar-refractivity contribution in [2.24, 2.45) is 0 Å². The zero-order valence-corrected chi connectivity index (χ0v) is 18.0. The summed E-state index contributed by atoms with van der Waals surface area (Å²) in [5.41, 5.74) is -1.14. The molecule has 1 aromatic rings. The molecule has 12 nitrogen and oxygen atoms in total. The van der Waals surface area contributed by atoms with E-state index < -0.39 is 56.0 Å². The van der Waals surface area contributed by atoms with Crippen molar-refractivity contribution in [2.75, 3.05) is 13.7 Å². The largest absolute Gasteiger partial charge is 0.468 e. The quantitative estimate of drug-likeness (QED) is 0.279. The average Bonchev–Trinajstić information content (AvgIpc) is 3.01. The Morgan fingerprint density at radius 3 is 2.90 bits per heavy atom. The molecule has 1 aliphatic rings. The van der Waals surface area contributed by atoms with Gasteiger partial charge in [-0.2, -0.15) is 0 Å². The number of ether oxygens (including phenoxy) is 2. The number of aliphatic hydroxyl groups is 1. The van der Waals surface area contributed by atoms with Gasteiger partial charge in [0, 0.05) is 12.6 Å². The van der Waals surface area contributed by atoms with Crippen molar-refractivity contribution in [1.29, 1.82) is 0 Å². The second-order valence-electron chi connectivity index (χ2n) is 6.17. The van der Waals surface area contributed by atoms with Crippen LogP contribution in [-0.4, -0.2) is 57.5 Å². The van der Waals surface area contributed by atoms with E-state index in [1.807, 2.05) is 0 Å². The van der Waals surface area contributed by atoms with Gasteiger partial charge in [-0.15, -0.1) is 0 Å². The van der Waals surface area contributed by atoms with Crippen molar-refractivity contribution in [3.8, 4) is 0 Å². The molecule has 0 saturated carbocycles. The Kier molecular flexibility index (Phi) is 8.11. The third kappa shape index (κ3) is 6.19. The third-order valence-corrected chi connectivity index (χ3v) is 5.55. The molecular formula is C15H21BrN3O9P. The van der Waals surface area contributed by atoms with Gasteiger partial charge in [0.05, 0.1) is 25.4 Å². The first kappa shape index (κ1) is 23.7. The molecule has 1 aromatic heterocycles. The lowest BCUT2D eigenvalue weighted by Gasteiger charge is -2.20. The van der Waals surface area contributed by atoms with Crippen LogP contribution in [0.15, 0.2) is 20.8 Å². The summed E-state index contributed by atoms with van der Waals surface area (Å²) in [7, 11) is -3.26. The van der Waals surface area contributed by atoms with Crippen LogP contribution in [0.2, 0.25) is 0 Å². The van der Waals surface area contributed by atoms with Gasteiger partial charge in [-0.3, -0.25) is 23.7 Å². The minimum atomic E-state index is -4.39. The lowest BCUT2D eigenvalue weighted by Crippen LogP contribution is -2.35. The summed E-state index contributed by atoms with van der Waals surface area (Å²) in [6.07, 6.45) is -0.367. The number of H-pyrrole nitrogens is 1. The van der Waals surface area contributed by atoms with Crippen molar-refractivity contribution in [1.82, 2.24) is 14.6 Å². The number of carbonyl (C=O) groups is 1. The fourth-order valence-corrected chi connectivity index (χ4v) is 3.93. The van der Waals surface area contributed by atoms with Crippen LogP contribution >= 0.6 is 23.7 Å². The van der Waals surface area contributed by atoms with E-state index in [0.29, 0.717) is 0 Å². The fraction of sp³-hybridized carbons (Fsp3) is 0.533. The summed E-state index contributed by atoms with van der Waals surface area (Å²) in [5.74, 6) is -0.758. The number of rotatable bonds is 8. The molecule has 2 rings (SSSR count). The molecule has 14 heteroatoms. The van der Waals surface area contributed by atoms with E-state index in [1.165, 1.54) is 24.2 Å². The maximum Gasteiger partial charge on any atom is 0.403 e. The second kappa shape index (κ2) is 9.94. The van der Waals surface area contributed by atoms with Gasteiger partial charge in [0.25, 0.3) is 5.56 Å². The highest BCUT2D eigenvalue weighted by Crippen LogP contribution is 2.39. The molecule has 2 heterocycles. The van der Waals surface area contributed by atoms with Crippen LogP contribution in [0.1, 0.15) is 25.1 Å². The van der Waals surface area contributed by atoms with Gasteiger partial charge in [-0.25, -0.2) is 14.4 Å². The number of halogens is 1. The molecule has 0 amide bonds. The minimum Gasteiger partial charge on any atom is -0.468 e. The van der Waals surface area contributed by atoms with Gasteiger partial charge in [0.1, 0.15) is 18.4 Å². The molecule has 0 bridgehead atoms. The number of esters is 1. The predicted octanol–water partition coefficient (Wildman–Crippen LogP) is -0.181. The fourth-order valence-electron chi connectivity index (χ4n) is 2.62. The predicted molar refractivity (Wildman–Crippen MR) is 104 cm³/mol. The van der Waals surface area contributed by atoms with Crippen molar-refractivity contribution >= 4 is 35.7 Å². The molecule has 0 aliphatic carbocycles. The van der Waals surface area contributed by atoms with Crippen LogP contribution < -0.4 is 16.3 Å². The SMILES string of the molecule is COC(=O)[C@@H](C)NP(=O)(O)OCC1OC(n2cc(/C=C/Br)c(=O)[nH]c2=O)CC1O. The molecule has 1 fully saturated rings. The van der Waals surface area contributed by atoms with Crippen LogP contribution in [0, 0.1) is 0 Å². The van der Waals surface area contributed by atoms with Crippen molar-refractivity contribution in [2.45, 2.75) is 37.8 Å². The molecule has 0 radical (unpaired) electrons. The third-order valence-electron chi connectivity index (χ3n) is 4.08. The monoisotopic (exact) mass is 497 g/mol.